The van der Waals surface area contributed by atoms with Gasteiger partial charge in [0.05, 0.1) is 12.2 Å². The summed E-state index contributed by atoms with van der Waals surface area (Å²) < 4.78 is 5.05. The van der Waals surface area contributed by atoms with Gasteiger partial charge < -0.3 is 9.84 Å². The summed E-state index contributed by atoms with van der Waals surface area (Å²) in [6, 6.07) is -0.747. The van der Waals surface area contributed by atoms with Crippen LogP contribution in [0.5, 0.6) is 0 Å². The van der Waals surface area contributed by atoms with Crippen molar-refractivity contribution in [2.45, 2.75) is 46.7 Å². The van der Waals surface area contributed by atoms with Crippen LogP contribution in [0.3, 0.4) is 0 Å². The lowest BCUT2D eigenvalue weighted by atomic mass is 10.0. The van der Waals surface area contributed by atoms with Crippen LogP contribution >= 0.6 is 0 Å². The van der Waals surface area contributed by atoms with E-state index in [1.54, 1.807) is 13.8 Å². The molecule has 6 heteroatoms. The zero-order valence-corrected chi connectivity index (χ0v) is 11.7. The molecule has 0 aliphatic carbocycles. The van der Waals surface area contributed by atoms with Crippen molar-refractivity contribution in [1.82, 2.24) is 15.4 Å². The fraction of sp³-hybridized carbons (Fsp3) is 0.615. The average Bonchev–Trinajstić information content (AvgIpc) is 2.76. The molecule has 0 aromatic carbocycles. The molecule has 0 spiro atoms. The first kappa shape index (κ1) is 13.6. The molecule has 19 heavy (non-hydrogen) atoms. The molecule has 104 valence electrons. The third-order valence-electron chi connectivity index (χ3n) is 3.31. The van der Waals surface area contributed by atoms with E-state index in [1.165, 1.54) is 4.90 Å². The fourth-order valence-corrected chi connectivity index (χ4v) is 2.24. The molecule has 1 aliphatic heterocycles. The summed E-state index contributed by atoms with van der Waals surface area (Å²) in [7, 11) is 0. The standard InChI is InChI=1S/C13H19N3O3/c1-7(2)5-11-12(17)16(13(18)14-11)6-10-8(3)15-19-9(10)4/h7,11H,5-6H2,1-4H3,(H,14,18)/t11-/m0/s1. The van der Waals surface area contributed by atoms with Gasteiger partial charge in [0.25, 0.3) is 5.91 Å². The Bertz CT molecular complexity index is 488. The second-order valence-electron chi connectivity index (χ2n) is 5.36. The normalized spacial score (nSPS) is 19.4. The summed E-state index contributed by atoms with van der Waals surface area (Å²) >= 11 is 0. The number of carbonyl (C=O) groups excluding carboxylic acids is 2. The van der Waals surface area contributed by atoms with Gasteiger partial charge in [-0.05, 0) is 26.2 Å². The maximum absolute atomic E-state index is 12.2. The van der Waals surface area contributed by atoms with Crippen molar-refractivity contribution in [2.24, 2.45) is 5.92 Å². The van der Waals surface area contributed by atoms with Gasteiger partial charge in [-0.15, -0.1) is 0 Å². The van der Waals surface area contributed by atoms with Crippen molar-refractivity contribution in [3.05, 3.63) is 17.0 Å². The first-order valence-corrected chi connectivity index (χ1v) is 6.43. The molecule has 0 saturated carbocycles. The zero-order valence-electron chi connectivity index (χ0n) is 11.7. The van der Waals surface area contributed by atoms with Gasteiger partial charge in [0, 0.05) is 5.56 Å². The topological polar surface area (TPSA) is 75.4 Å². The molecule has 1 fully saturated rings. The summed E-state index contributed by atoms with van der Waals surface area (Å²) in [5.41, 5.74) is 1.51. The van der Waals surface area contributed by atoms with E-state index in [-0.39, 0.29) is 18.5 Å². The van der Waals surface area contributed by atoms with Crippen molar-refractivity contribution < 1.29 is 14.1 Å². The van der Waals surface area contributed by atoms with E-state index in [1.807, 2.05) is 13.8 Å². The average molecular weight is 265 g/mol. The summed E-state index contributed by atoms with van der Waals surface area (Å²) in [6.45, 7) is 7.85. The molecule has 2 heterocycles. The molecule has 6 nitrogen and oxygen atoms in total. The predicted octanol–water partition coefficient (Wildman–Crippen LogP) is 1.76. The Labute approximate surface area is 112 Å². The third kappa shape index (κ3) is 2.62. The number of amides is 3. The van der Waals surface area contributed by atoms with Crippen LogP contribution in [0, 0.1) is 19.8 Å². The van der Waals surface area contributed by atoms with Gasteiger partial charge in [0.1, 0.15) is 11.8 Å². The highest BCUT2D eigenvalue weighted by atomic mass is 16.5. The molecule has 1 saturated heterocycles. The molecule has 1 atom stereocenters. The lowest BCUT2D eigenvalue weighted by Gasteiger charge is -2.13. The Hall–Kier alpha value is -1.85. The number of nitrogens with one attached hydrogen (secondary N) is 1. The number of aromatic nitrogens is 1. The largest absolute Gasteiger partial charge is 0.361 e. The van der Waals surface area contributed by atoms with E-state index in [0.717, 1.165) is 5.56 Å². The quantitative estimate of drug-likeness (QED) is 0.842. The minimum atomic E-state index is -0.409. The number of hydrogen-bond donors (Lipinski definition) is 1. The van der Waals surface area contributed by atoms with Gasteiger partial charge in [-0.1, -0.05) is 19.0 Å². The van der Waals surface area contributed by atoms with Gasteiger partial charge in [-0.2, -0.15) is 0 Å². The van der Waals surface area contributed by atoms with Crippen LogP contribution in [0.25, 0.3) is 0 Å². The van der Waals surface area contributed by atoms with Crippen molar-refractivity contribution in [2.75, 3.05) is 0 Å². The van der Waals surface area contributed by atoms with Crippen molar-refractivity contribution >= 4 is 11.9 Å². The zero-order chi connectivity index (χ0) is 14.2. The molecule has 0 bridgehead atoms. The number of imide groups is 1. The highest BCUT2D eigenvalue weighted by Gasteiger charge is 2.38. The smallest absolute Gasteiger partial charge is 0.325 e. The monoisotopic (exact) mass is 265 g/mol. The van der Waals surface area contributed by atoms with E-state index in [9.17, 15) is 9.59 Å². The Morgan fingerprint density at radius 3 is 2.58 bits per heavy atom. The fourth-order valence-electron chi connectivity index (χ4n) is 2.24. The van der Waals surface area contributed by atoms with Crippen LogP contribution in [0.1, 0.15) is 37.3 Å². The molecular formula is C13H19N3O3. The van der Waals surface area contributed by atoms with E-state index in [2.05, 4.69) is 10.5 Å². The number of nitrogens with zero attached hydrogens (tertiary/aromatic N) is 2. The second-order valence-corrected chi connectivity index (χ2v) is 5.36. The van der Waals surface area contributed by atoms with Gasteiger partial charge in [0.15, 0.2) is 0 Å². The number of carbonyl (C=O) groups is 2. The number of urea groups is 1. The van der Waals surface area contributed by atoms with E-state index < -0.39 is 6.04 Å². The SMILES string of the molecule is Cc1noc(C)c1CN1C(=O)N[C@@H](CC(C)C)C1=O. The molecule has 2 rings (SSSR count). The lowest BCUT2D eigenvalue weighted by molar-refractivity contribution is -0.128. The Kier molecular flexibility index (Phi) is 3.59. The summed E-state index contributed by atoms with van der Waals surface area (Å²) in [5.74, 6) is 0.831. The lowest BCUT2D eigenvalue weighted by Crippen LogP contribution is -2.31. The first-order valence-electron chi connectivity index (χ1n) is 6.43. The number of aryl methyl sites for hydroxylation is 2. The first-order chi connectivity index (χ1) is 8.90. The van der Waals surface area contributed by atoms with E-state index >= 15 is 0 Å². The van der Waals surface area contributed by atoms with Crippen LogP contribution in [0.4, 0.5) is 4.79 Å². The minimum Gasteiger partial charge on any atom is -0.361 e. The van der Waals surface area contributed by atoms with Crippen LogP contribution in [-0.4, -0.2) is 28.0 Å². The molecule has 1 aromatic heterocycles. The molecule has 1 N–H and O–H groups in total. The maximum Gasteiger partial charge on any atom is 0.325 e. The predicted molar refractivity (Wildman–Crippen MR) is 68.3 cm³/mol. The van der Waals surface area contributed by atoms with E-state index in [0.29, 0.717) is 23.8 Å². The van der Waals surface area contributed by atoms with Crippen molar-refractivity contribution in [1.29, 1.82) is 0 Å². The van der Waals surface area contributed by atoms with E-state index in [4.69, 9.17) is 4.52 Å². The minimum absolute atomic E-state index is 0.168. The van der Waals surface area contributed by atoms with Crippen LogP contribution in [0.2, 0.25) is 0 Å². The molecule has 1 aromatic rings. The Morgan fingerprint density at radius 2 is 2.05 bits per heavy atom. The highest BCUT2D eigenvalue weighted by Crippen LogP contribution is 2.20. The van der Waals surface area contributed by atoms with Gasteiger partial charge in [0.2, 0.25) is 0 Å². The highest BCUT2D eigenvalue weighted by molar-refractivity contribution is 6.04. The number of hydrogen-bond acceptors (Lipinski definition) is 4. The number of rotatable bonds is 4. The molecule has 0 radical (unpaired) electrons. The van der Waals surface area contributed by atoms with Crippen LogP contribution < -0.4 is 5.32 Å². The second kappa shape index (κ2) is 5.03. The van der Waals surface area contributed by atoms with Crippen molar-refractivity contribution in [3.63, 3.8) is 0 Å². The third-order valence-corrected chi connectivity index (χ3v) is 3.31. The van der Waals surface area contributed by atoms with Crippen molar-refractivity contribution in [3.8, 4) is 0 Å². The molecule has 0 unspecified atom stereocenters. The Balaban J connectivity index is 2.13. The summed E-state index contributed by atoms with van der Waals surface area (Å²) in [6.07, 6.45) is 0.655. The molecular weight excluding hydrogens is 246 g/mol. The summed E-state index contributed by atoms with van der Waals surface area (Å²) in [4.78, 5) is 25.3. The van der Waals surface area contributed by atoms with Gasteiger partial charge >= 0.3 is 6.03 Å². The van der Waals surface area contributed by atoms with Gasteiger partial charge in [-0.3, -0.25) is 9.69 Å². The van der Waals surface area contributed by atoms with Gasteiger partial charge in [-0.25, -0.2) is 4.79 Å². The molecule has 3 amide bonds. The Morgan fingerprint density at radius 1 is 1.37 bits per heavy atom. The van der Waals surface area contributed by atoms with Crippen LogP contribution in [-0.2, 0) is 11.3 Å². The molecule has 1 aliphatic rings. The van der Waals surface area contributed by atoms with Crippen LogP contribution in [0.15, 0.2) is 4.52 Å². The summed E-state index contributed by atoms with van der Waals surface area (Å²) in [5, 5.41) is 6.55. The maximum atomic E-state index is 12.2.